The van der Waals surface area contributed by atoms with Gasteiger partial charge in [0.05, 0.1) is 12.6 Å². The van der Waals surface area contributed by atoms with Gasteiger partial charge in [-0.1, -0.05) is 30.0 Å². The molecule has 1 unspecified atom stereocenters. The molecule has 182 valence electrons. The number of nitrogens with one attached hydrogen (secondary N) is 2. The highest BCUT2D eigenvalue weighted by atomic mass is 19.1. The number of carbonyl (C=O) groups excluding carboxylic acids is 1. The largest absolute Gasteiger partial charge is 0.508 e. The number of aromatic amines is 1. The summed E-state index contributed by atoms with van der Waals surface area (Å²) in [6, 6.07) is 15.5. The van der Waals surface area contributed by atoms with Crippen LogP contribution >= 0.6 is 0 Å². The van der Waals surface area contributed by atoms with Gasteiger partial charge in [0.25, 0.3) is 5.91 Å². The molecule has 2 aromatic heterocycles. The zero-order valence-electron chi connectivity index (χ0n) is 19.6. The van der Waals surface area contributed by atoms with E-state index in [2.05, 4.69) is 27.1 Å². The molecule has 1 saturated heterocycles. The monoisotopic (exact) mass is 486 g/mol. The van der Waals surface area contributed by atoms with Crippen LogP contribution in [0.15, 0.2) is 60.7 Å². The van der Waals surface area contributed by atoms with Crippen LogP contribution in [0.1, 0.15) is 39.0 Å². The normalized spacial score (nSPS) is 14.6. The smallest absolute Gasteiger partial charge is 0.270 e. The number of phenols is 1. The van der Waals surface area contributed by atoms with Crippen molar-refractivity contribution in [3.05, 3.63) is 94.7 Å². The second-order valence-electron chi connectivity index (χ2n) is 8.90. The maximum absolute atomic E-state index is 14.1. The molecule has 0 saturated carbocycles. The third-order valence-corrected chi connectivity index (χ3v) is 6.07. The van der Waals surface area contributed by atoms with Crippen molar-refractivity contribution in [1.82, 2.24) is 20.2 Å². The summed E-state index contributed by atoms with van der Waals surface area (Å²) in [5.74, 6) is 4.84. The molecule has 1 amide bonds. The van der Waals surface area contributed by atoms with Gasteiger partial charge in [0.2, 0.25) is 0 Å². The molecular formula is C28H24F2N4O2. The number of aromatic nitrogens is 2. The molecule has 1 fully saturated rings. The second kappa shape index (κ2) is 9.80. The van der Waals surface area contributed by atoms with Crippen molar-refractivity contribution < 1.29 is 18.7 Å². The van der Waals surface area contributed by atoms with Crippen molar-refractivity contribution >= 4 is 16.8 Å². The SMILES string of the molecule is Cc1cc(C#CCN2CC(F)C2)cc(C(=O)NC(c2cc3ccccc3[nH]2)c2cc(F)ccc2O)n1. The summed E-state index contributed by atoms with van der Waals surface area (Å²) < 4.78 is 27.1. The summed E-state index contributed by atoms with van der Waals surface area (Å²) in [6.07, 6.45) is -0.784. The Morgan fingerprint density at radius 3 is 2.81 bits per heavy atom. The predicted octanol–water partition coefficient (Wildman–Crippen LogP) is 4.24. The highest BCUT2D eigenvalue weighted by molar-refractivity contribution is 5.93. The number of amides is 1. The first kappa shape index (κ1) is 23.5. The van der Waals surface area contributed by atoms with Crippen LogP contribution in [0.2, 0.25) is 0 Å². The molecule has 2 aromatic carbocycles. The van der Waals surface area contributed by atoms with Crippen LogP contribution in [0.25, 0.3) is 10.9 Å². The van der Waals surface area contributed by atoms with Gasteiger partial charge in [0, 0.05) is 41.1 Å². The highest BCUT2D eigenvalue weighted by Crippen LogP contribution is 2.31. The summed E-state index contributed by atoms with van der Waals surface area (Å²) in [7, 11) is 0. The Hall–Kier alpha value is -4.22. The first-order valence-corrected chi connectivity index (χ1v) is 11.6. The van der Waals surface area contributed by atoms with E-state index < -0.39 is 23.9 Å². The average Bonchev–Trinajstić information content (AvgIpc) is 3.26. The number of nitrogens with zero attached hydrogens (tertiary/aromatic N) is 2. The molecule has 4 aromatic rings. The van der Waals surface area contributed by atoms with Crippen LogP contribution in [-0.4, -0.2) is 51.7 Å². The number of aromatic hydroxyl groups is 1. The first-order chi connectivity index (χ1) is 17.4. The van der Waals surface area contributed by atoms with Gasteiger partial charge in [-0.2, -0.15) is 0 Å². The maximum atomic E-state index is 14.1. The first-order valence-electron chi connectivity index (χ1n) is 11.6. The van der Waals surface area contributed by atoms with Crippen LogP contribution in [0, 0.1) is 24.6 Å². The fourth-order valence-corrected chi connectivity index (χ4v) is 4.28. The number of pyridine rings is 1. The molecule has 8 heteroatoms. The van der Waals surface area contributed by atoms with Gasteiger partial charge in [-0.25, -0.2) is 13.8 Å². The van der Waals surface area contributed by atoms with Crippen LogP contribution in [0.3, 0.4) is 0 Å². The summed E-state index contributed by atoms with van der Waals surface area (Å²) in [6.45, 7) is 2.99. The van der Waals surface area contributed by atoms with Crippen molar-refractivity contribution in [3.63, 3.8) is 0 Å². The number of halogens is 2. The Labute approximate surface area is 207 Å². The summed E-state index contributed by atoms with van der Waals surface area (Å²) in [5, 5.41) is 14.3. The highest BCUT2D eigenvalue weighted by Gasteiger charge is 2.25. The molecule has 3 heterocycles. The van der Waals surface area contributed by atoms with Gasteiger partial charge >= 0.3 is 0 Å². The number of rotatable bonds is 5. The van der Waals surface area contributed by atoms with E-state index in [1.54, 1.807) is 19.1 Å². The van der Waals surface area contributed by atoms with Crippen molar-refractivity contribution in [2.24, 2.45) is 0 Å². The molecule has 5 rings (SSSR count). The van der Waals surface area contributed by atoms with Gasteiger partial charge in [-0.15, -0.1) is 0 Å². The number of fused-ring (bicyclic) bond motifs is 1. The summed E-state index contributed by atoms with van der Waals surface area (Å²) in [4.78, 5) is 22.8. The molecule has 1 aliphatic heterocycles. The minimum atomic E-state index is -0.863. The molecule has 1 atom stereocenters. The zero-order chi connectivity index (χ0) is 25.2. The van der Waals surface area contributed by atoms with E-state index in [4.69, 9.17) is 0 Å². The maximum Gasteiger partial charge on any atom is 0.270 e. The number of phenolic OH excluding ortho intramolecular Hbond substituents is 1. The van der Waals surface area contributed by atoms with Crippen molar-refractivity contribution in [2.45, 2.75) is 19.1 Å². The molecule has 0 spiro atoms. The van der Waals surface area contributed by atoms with Crippen molar-refractivity contribution in [2.75, 3.05) is 19.6 Å². The van der Waals surface area contributed by atoms with Gasteiger partial charge in [-0.3, -0.25) is 9.69 Å². The molecule has 1 aliphatic rings. The molecule has 3 N–H and O–H groups in total. The number of alkyl halides is 1. The standard InChI is InChI=1S/C28H24F2N4O2/c1-17-11-18(5-4-10-34-15-21(30)16-34)12-25(31-17)28(36)33-27(22-14-20(29)8-9-26(22)35)24-13-19-6-2-3-7-23(19)32-24/h2-3,6-9,11-14,21,27,32,35H,10,15-16H2,1H3,(H,33,36). The number of H-pyrrole nitrogens is 1. The quantitative estimate of drug-likeness (QED) is 0.369. The lowest BCUT2D eigenvalue weighted by atomic mass is 10.0. The third-order valence-electron chi connectivity index (χ3n) is 6.07. The van der Waals surface area contributed by atoms with E-state index in [1.165, 1.54) is 12.1 Å². The lowest BCUT2D eigenvalue weighted by Gasteiger charge is -2.32. The minimum Gasteiger partial charge on any atom is -0.508 e. The van der Waals surface area contributed by atoms with E-state index in [0.717, 1.165) is 17.0 Å². The molecule has 0 bridgehead atoms. The number of likely N-dealkylation sites (tertiary alicyclic amines) is 1. The molecular weight excluding hydrogens is 462 g/mol. The van der Waals surface area contributed by atoms with Crippen LogP contribution in [0.4, 0.5) is 8.78 Å². The lowest BCUT2D eigenvalue weighted by Crippen LogP contribution is -2.48. The van der Waals surface area contributed by atoms with Gasteiger partial charge in [-0.05, 0) is 54.8 Å². The Kier molecular flexibility index (Phi) is 6.40. The molecule has 6 nitrogen and oxygen atoms in total. The van der Waals surface area contributed by atoms with E-state index >= 15 is 0 Å². The van der Waals surface area contributed by atoms with Gasteiger partial charge < -0.3 is 15.4 Å². The summed E-state index contributed by atoms with van der Waals surface area (Å²) >= 11 is 0. The van der Waals surface area contributed by atoms with Crippen LogP contribution in [0.5, 0.6) is 5.75 Å². The van der Waals surface area contributed by atoms with E-state index in [-0.39, 0.29) is 17.0 Å². The van der Waals surface area contributed by atoms with Crippen LogP contribution in [-0.2, 0) is 0 Å². The number of hydrogen-bond acceptors (Lipinski definition) is 4. The number of para-hydroxylation sites is 1. The zero-order valence-corrected chi connectivity index (χ0v) is 19.6. The minimum absolute atomic E-state index is 0.143. The number of hydrogen-bond donors (Lipinski definition) is 3. The molecule has 0 aliphatic carbocycles. The molecule has 0 radical (unpaired) electrons. The topological polar surface area (TPSA) is 81.2 Å². The third kappa shape index (κ3) is 5.07. The second-order valence-corrected chi connectivity index (χ2v) is 8.90. The lowest BCUT2D eigenvalue weighted by molar-refractivity contribution is 0.0791. The molecule has 36 heavy (non-hydrogen) atoms. The van der Waals surface area contributed by atoms with Gasteiger partial charge in [0.15, 0.2) is 0 Å². The van der Waals surface area contributed by atoms with E-state index in [1.807, 2.05) is 35.2 Å². The number of benzene rings is 2. The number of aryl methyl sites for hydroxylation is 1. The Balaban J connectivity index is 1.45. The Morgan fingerprint density at radius 1 is 1.22 bits per heavy atom. The van der Waals surface area contributed by atoms with Gasteiger partial charge in [0.1, 0.15) is 23.4 Å². The van der Waals surface area contributed by atoms with E-state index in [9.17, 15) is 18.7 Å². The Morgan fingerprint density at radius 2 is 2.03 bits per heavy atom. The predicted molar refractivity (Wildman–Crippen MR) is 133 cm³/mol. The Bertz CT molecular complexity index is 1470. The van der Waals surface area contributed by atoms with Crippen LogP contribution < -0.4 is 5.32 Å². The fourth-order valence-electron chi connectivity index (χ4n) is 4.28. The van der Waals surface area contributed by atoms with Crippen molar-refractivity contribution in [1.29, 1.82) is 0 Å². The number of carbonyl (C=O) groups is 1. The van der Waals surface area contributed by atoms with Crippen molar-refractivity contribution in [3.8, 4) is 17.6 Å². The fraction of sp³-hybridized carbons (Fsp3) is 0.214. The average molecular weight is 487 g/mol. The van der Waals surface area contributed by atoms with E-state index in [0.29, 0.717) is 36.6 Å². The summed E-state index contributed by atoms with van der Waals surface area (Å²) in [5.41, 5.74) is 3.00.